The average Bonchev–Trinajstić information content (AvgIpc) is 2.90. The zero-order chi connectivity index (χ0) is 24.0. The Balaban J connectivity index is 1.34. The number of carbonyl (C=O) groups is 2. The molecule has 0 spiro atoms. The maximum Gasteiger partial charge on any atom is 0.339 e. The van der Waals surface area contributed by atoms with Crippen LogP contribution in [-0.4, -0.2) is 39.9 Å². The van der Waals surface area contributed by atoms with Crippen LogP contribution in [-0.2, 0) is 35.6 Å². The zero-order valence-electron chi connectivity index (χ0n) is 19.3. The summed E-state index contributed by atoms with van der Waals surface area (Å²) in [5.74, 6) is -0.863. The van der Waals surface area contributed by atoms with Crippen LogP contribution in [0.4, 0.5) is 0 Å². The summed E-state index contributed by atoms with van der Waals surface area (Å²) in [7, 11) is 0. The van der Waals surface area contributed by atoms with E-state index in [1.807, 2.05) is 48.5 Å². The van der Waals surface area contributed by atoms with Crippen LogP contribution < -0.4 is 5.32 Å². The van der Waals surface area contributed by atoms with E-state index in [9.17, 15) is 9.59 Å². The van der Waals surface area contributed by atoms with Crippen molar-refractivity contribution >= 4 is 22.8 Å². The quantitative estimate of drug-likeness (QED) is 0.419. The molecule has 1 N–H and O–H groups in total. The van der Waals surface area contributed by atoms with E-state index in [4.69, 9.17) is 9.72 Å². The lowest BCUT2D eigenvalue weighted by Gasteiger charge is -2.30. The minimum Gasteiger partial charge on any atom is -0.452 e. The average molecular weight is 467 g/mol. The highest BCUT2D eigenvalue weighted by atomic mass is 16.5. The highest BCUT2D eigenvalue weighted by Crippen LogP contribution is 2.29. The van der Waals surface area contributed by atoms with Gasteiger partial charge >= 0.3 is 5.97 Å². The summed E-state index contributed by atoms with van der Waals surface area (Å²) in [6.45, 7) is 2.22. The largest absolute Gasteiger partial charge is 0.452 e. The zero-order valence-corrected chi connectivity index (χ0v) is 19.3. The lowest BCUT2D eigenvalue weighted by Crippen LogP contribution is -2.33. The number of nitrogens with one attached hydrogen (secondary N) is 1. The molecule has 176 valence electrons. The number of amides is 1. The molecule has 2 aromatic carbocycles. The van der Waals surface area contributed by atoms with Crippen LogP contribution >= 0.6 is 0 Å². The van der Waals surface area contributed by atoms with Crippen molar-refractivity contribution in [1.82, 2.24) is 20.2 Å². The van der Waals surface area contributed by atoms with Gasteiger partial charge in [0.05, 0.1) is 11.1 Å². The van der Waals surface area contributed by atoms with Crippen molar-refractivity contribution in [3.63, 3.8) is 0 Å². The van der Waals surface area contributed by atoms with E-state index in [0.717, 1.165) is 47.2 Å². The Morgan fingerprint density at radius 3 is 2.60 bits per heavy atom. The molecular formula is C28H26N4O3. The van der Waals surface area contributed by atoms with Crippen molar-refractivity contribution in [2.75, 3.05) is 13.2 Å². The van der Waals surface area contributed by atoms with Gasteiger partial charge in [0, 0.05) is 61.6 Å². The van der Waals surface area contributed by atoms with Gasteiger partial charge in [-0.25, -0.2) is 4.79 Å². The summed E-state index contributed by atoms with van der Waals surface area (Å²) in [4.78, 5) is 36.8. The van der Waals surface area contributed by atoms with Crippen molar-refractivity contribution < 1.29 is 14.3 Å². The summed E-state index contributed by atoms with van der Waals surface area (Å²) in [5, 5.41) is 3.51. The molecule has 3 heterocycles. The molecule has 1 aliphatic rings. The topological polar surface area (TPSA) is 84.4 Å². The summed E-state index contributed by atoms with van der Waals surface area (Å²) < 4.78 is 5.49. The molecule has 0 saturated carbocycles. The Bertz CT molecular complexity index is 1340. The first-order valence-corrected chi connectivity index (χ1v) is 11.7. The Morgan fingerprint density at radius 2 is 1.77 bits per heavy atom. The highest BCUT2D eigenvalue weighted by Gasteiger charge is 2.27. The minimum atomic E-state index is -0.502. The fraction of sp³-hybridized carbons (Fsp3) is 0.214. The van der Waals surface area contributed by atoms with Crippen LogP contribution in [0.2, 0.25) is 0 Å². The lowest BCUT2D eigenvalue weighted by molar-refractivity contribution is -0.124. The molecule has 4 aromatic rings. The van der Waals surface area contributed by atoms with Gasteiger partial charge in [0.1, 0.15) is 0 Å². The number of carbonyl (C=O) groups excluding carboxylic acids is 2. The number of fused-ring (bicyclic) bond motifs is 2. The van der Waals surface area contributed by atoms with Gasteiger partial charge in [0.2, 0.25) is 0 Å². The van der Waals surface area contributed by atoms with E-state index >= 15 is 0 Å². The summed E-state index contributed by atoms with van der Waals surface area (Å²) in [6, 6.07) is 21.5. The summed E-state index contributed by atoms with van der Waals surface area (Å²) >= 11 is 0. The third kappa shape index (κ3) is 5.36. The maximum absolute atomic E-state index is 13.3. The van der Waals surface area contributed by atoms with E-state index < -0.39 is 5.97 Å². The first kappa shape index (κ1) is 22.7. The molecule has 0 atom stereocenters. The SMILES string of the molecule is O=C(COC(=O)c1c2c(nc3ccccc13)CCN(Cc1ccccc1)C2)NCc1cccnc1. The van der Waals surface area contributed by atoms with Gasteiger partial charge in [-0.15, -0.1) is 0 Å². The van der Waals surface area contributed by atoms with Crippen molar-refractivity contribution in [3.05, 3.63) is 107 Å². The fourth-order valence-corrected chi connectivity index (χ4v) is 4.41. The van der Waals surface area contributed by atoms with Gasteiger partial charge in [-0.05, 0) is 23.3 Å². The molecule has 0 unspecified atom stereocenters. The predicted molar refractivity (Wildman–Crippen MR) is 132 cm³/mol. The number of para-hydroxylation sites is 1. The molecule has 2 aromatic heterocycles. The van der Waals surface area contributed by atoms with E-state index in [1.54, 1.807) is 18.5 Å². The number of rotatable bonds is 7. The fourth-order valence-electron chi connectivity index (χ4n) is 4.41. The van der Waals surface area contributed by atoms with Crippen LogP contribution in [0.3, 0.4) is 0 Å². The van der Waals surface area contributed by atoms with Gasteiger partial charge < -0.3 is 10.1 Å². The summed E-state index contributed by atoms with van der Waals surface area (Å²) in [5.41, 5.74) is 5.16. The first-order valence-electron chi connectivity index (χ1n) is 11.7. The molecule has 7 heteroatoms. The molecule has 5 rings (SSSR count). The Kier molecular flexibility index (Phi) is 6.77. The molecular weight excluding hydrogens is 440 g/mol. The first-order chi connectivity index (χ1) is 17.2. The van der Waals surface area contributed by atoms with E-state index in [2.05, 4.69) is 27.3 Å². The maximum atomic E-state index is 13.3. The van der Waals surface area contributed by atoms with Gasteiger partial charge in [-0.2, -0.15) is 0 Å². The number of esters is 1. The summed E-state index contributed by atoms with van der Waals surface area (Å²) in [6.07, 6.45) is 4.11. The molecule has 0 fully saturated rings. The van der Waals surface area contributed by atoms with Crippen molar-refractivity contribution in [2.45, 2.75) is 26.1 Å². The predicted octanol–water partition coefficient (Wildman–Crippen LogP) is 3.66. The number of hydrogen-bond acceptors (Lipinski definition) is 6. The second-order valence-corrected chi connectivity index (χ2v) is 8.59. The number of hydrogen-bond donors (Lipinski definition) is 1. The highest BCUT2D eigenvalue weighted by molar-refractivity contribution is 6.05. The van der Waals surface area contributed by atoms with Gasteiger partial charge in [-0.1, -0.05) is 54.6 Å². The number of nitrogens with zero attached hydrogens (tertiary/aromatic N) is 3. The normalized spacial score (nSPS) is 13.3. The molecule has 1 amide bonds. The Morgan fingerprint density at radius 1 is 0.971 bits per heavy atom. The number of pyridine rings is 2. The number of aromatic nitrogens is 2. The lowest BCUT2D eigenvalue weighted by atomic mass is 9.95. The van der Waals surface area contributed by atoms with Crippen molar-refractivity contribution in [1.29, 1.82) is 0 Å². The Labute approximate surface area is 203 Å². The van der Waals surface area contributed by atoms with E-state index in [0.29, 0.717) is 18.7 Å². The molecule has 7 nitrogen and oxygen atoms in total. The van der Waals surface area contributed by atoms with Gasteiger partial charge in [-0.3, -0.25) is 19.7 Å². The van der Waals surface area contributed by atoms with E-state index in [1.165, 1.54) is 5.56 Å². The smallest absolute Gasteiger partial charge is 0.339 e. The molecule has 0 radical (unpaired) electrons. The van der Waals surface area contributed by atoms with Crippen LogP contribution in [0.15, 0.2) is 79.1 Å². The number of ether oxygens (including phenoxy) is 1. The third-order valence-electron chi connectivity index (χ3n) is 6.13. The molecule has 0 saturated heterocycles. The van der Waals surface area contributed by atoms with Crippen LogP contribution in [0, 0.1) is 0 Å². The van der Waals surface area contributed by atoms with E-state index in [-0.39, 0.29) is 12.5 Å². The van der Waals surface area contributed by atoms with Crippen LogP contribution in [0.25, 0.3) is 10.9 Å². The molecule has 0 aliphatic carbocycles. The molecule has 35 heavy (non-hydrogen) atoms. The van der Waals surface area contributed by atoms with Crippen LogP contribution in [0.5, 0.6) is 0 Å². The Hall–Kier alpha value is -4.10. The second-order valence-electron chi connectivity index (χ2n) is 8.59. The van der Waals surface area contributed by atoms with Crippen LogP contribution in [0.1, 0.15) is 32.7 Å². The van der Waals surface area contributed by atoms with Crippen molar-refractivity contribution in [3.8, 4) is 0 Å². The number of benzene rings is 2. The minimum absolute atomic E-state index is 0.326. The van der Waals surface area contributed by atoms with Gasteiger partial charge in [0.15, 0.2) is 6.61 Å². The standard InChI is InChI=1S/C28H26N4O3/c33-26(30-16-21-9-6-13-29-15-21)19-35-28(34)27-22-10-4-5-11-24(22)31-25-12-14-32(18-23(25)27)17-20-7-2-1-3-8-20/h1-11,13,15H,12,14,16-19H2,(H,30,33). The molecule has 0 bridgehead atoms. The molecule has 1 aliphatic heterocycles. The monoisotopic (exact) mass is 466 g/mol. The second kappa shape index (κ2) is 10.4. The van der Waals surface area contributed by atoms with Gasteiger partial charge in [0.25, 0.3) is 5.91 Å². The van der Waals surface area contributed by atoms with Crippen molar-refractivity contribution in [2.24, 2.45) is 0 Å². The third-order valence-corrected chi connectivity index (χ3v) is 6.13.